The molecule has 0 radical (unpaired) electrons. The summed E-state index contributed by atoms with van der Waals surface area (Å²) >= 11 is 0. The van der Waals surface area contributed by atoms with Gasteiger partial charge in [0, 0.05) is 6.04 Å². The van der Waals surface area contributed by atoms with Gasteiger partial charge in [0.1, 0.15) is 0 Å². The summed E-state index contributed by atoms with van der Waals surface area (Å²) in [7, 11) is 0. The highest BCUT2D eigenvalue weighted by atomic mass is 15.2. The molecule has 1 saturated heterocycles. The first-order chi connectivity index (χ1) is 5.55. The van der Waals surface area contributed by atoms with Crippen molar-refractivity contribution >= 4 is 0 Å². The van der Waals surface area contributed by atoms with E-state index in [1.54, 1.807) is 0 Å². The third-order valence-corrected chi connectivity index (χ3v) is 3.37. The van der Waals surface area contributed by atoms with Gasteiger partial charge in [-0.05, 0) is 44.7 Å². The molecule has 0 aliphatic carbocycles. The van der Waals surface area contributed by atoms with Crippen molar-refractivity contribution in [1.29, 1.82) is 0 Å². The molecule has 1 rings (SSSR count). The lowest BCUT2D eigenvalue weighted by atomic mass is 9.82. The molecule has 1 nitrogen and oxygen atoms in total. The molecule has 0 aromatic carbocycles. The van der Waals surface area contributed by atoms with Crippen LogP contribution < -0.4 is 0 Å². The van der Waals surface area contributed by atoms with Crippen LogP contribution in [0.5, 0.6) is 0 Å². The van der Waals surface area contributed by atoms with Gasteiger partial charge in [-0.1, -0.05) is 20.8 Å². The van der Waals surface area contributed by atoms with Gasteiger partial charge in [0.05, 0.1) is 0 Å². The maximum absolute atomic E-state index is 2.63. The summed E-state index contributed by atoms with van der Waals surface area (Å²) in [5.74, 6) is 0. The van der Waals surface area contributed by atoms with Crippen molar-refractivity contribution in [2.24, 2.45) is 5.41 Å². The molecule has 1 aliphatic heterocycles. The molecule has 1 aliphatic rings. The Morgan fingerprint density at radius 2 is 1.75 bits per heavy atom. The number of likely N-dealkylation sites (tertiary alicyclic amines) is 1. The minimum absolute atomic E-state index is 0.601. The molecule has 0 N–H and O–H groups in total. The monoisotopic (exact) mass is 169 g/mol. The van der Waals surface area contributed by atoms with E-state index in [1.807, 2.05) is 0 Å². The molecule has 72 valence electrons. The Balaban J connectivity index is 2.36. The Hall–Kier alpha value is -0.0400. The van der Waals surface area contributed by atoms with Gasteiger partial charge in [0.2, 0.25) is 0 Å². The maximum atomic E-state index is 2.63. The predicted molar refractivity (Wildman–Crippen MR) is 54.3 cm³/mol. The largest absolute Gasteiger partial charge is 0.301 e. The Labute approximate surface area is 77.1 Å². The molecule has 0 aromatic heterocycles. The molecular weight excluding hydrogens is 146 g/mol. The van der Waals surface area contributed by atoms with Crippen molar-refractivity contribution in [2.45, 2.75) is 53.0 Å². The molecule has 12 heavy (non-hydrogen) atoms. The summed E-state index contributed by atoms with van der Waals surface area (Å²) in [5.41, 5.74) is 0.601. The van der Waals surface area contributed by atoms with E-state index in [9.17, 15) is 0 Å². The van der Waals surface area contributed by atoms with Crippen molar-refractivity contribution in [3.63, 3.8) is 0 Å². The highest BCUT2D eigenvalue weighted by Crippen LogP contribution is 2.30. The maximum Gasteiger partial charge on any atom is 0.00643 e. The minimum atomic E-state index is 0.601. The smallest absolute Gasteiger partial charge is 0.00643 e. The molecule has 1 fully saturated rings. The third kappa shape index (κ3) is 2.48. The highest BCUT2D eigenvalue weighted by molar-refractivity contribution is 4.80. The molecule has 0 amide bonds. The van der Waals surface area contributed by atoms with E-state index in [1.165, 1.54) is 32.4 Å². The molecule has 1 atom stereocenters. The van der Waals surface area contributed by atoms with Crippen molar-refractivity contribution in [1.82, 2.24) is 4.90 Å². The van der Waals surface area contributed by atoms with E-state index < -0.39 is 0 Å². The molecule has 0 aromatic rings. The lowest BCUT2D eigenvalue weighted by Gasteiger charge is -2.39. The van der Waals surface area contributed by atoms with Crippen LogP contribution in [0, 0.1) is 5.41 Å². The van der Waals surface area contributed by atoms with Gasteiger partial charge in [0.15, 0.2) is 0 Å². The number of hydrogen-bond donors (Lipinski definition) is 0. The van der Waals surface area contributed by atoms with Crippen LogP contribution in [0.1, 0.15) is 47.0 Å². The van der Waals surface area contributed by atoms with Crippen molar-refractivity contribution in [3.05, 3.63) is 0 Å². The fraction of sp³-hybridized carbons (Fsp3) is 1.00. The van der Waals surface area contributed by atoms with Crippen molar-refractivity contribution in [3.8, 4) is 0 Å². The van der Waals surface area contributed by atoms with Gasteiger partial charge in [-0.2, -0.15) is 0 Å². The van der Waals surface area contributed by atoms with Gasteiger partial charge in [0.25, 0.3) is 0 Å². The quantitative estimate of drug-likeness (QED) is 0.614. The van der Waals surface area contributed by atoms with E-state index in [-0.39, 0.29) is 0 Å². The first kappa shape index (κ1) is 10.0. The highest BCUT2D eigenvalue weighted by Gasteiger charge is 2.26. The molecular formula is C11H23N. The molecule has 0 spiro atoms. The van der Waals surface area contributed by atoms with Gasteiger partial charge in [-0.15, -0.1) is 0 Å². The van der Waals surface area contributed by atoms with Crippen LogP contribution in [0.25, 0.3) is 0 Å². The molecule has 1 heterocycles. The second-order valence-corrected chi connectivity index (χ2v) is 4.96. The number of rotatable bonds is 2. The summed E-state index contributed by atoms with van der Waals surface area (Å²) in [6, 6.07) is 0.793. The first-order valence-corrected chi connectivity index (χ1v) is 5.29. The van der Waals surface area contributed by atoms with Crippen LogP contribution >= 0.6 is 0 Å². The topological polar surface area (TPSA) is 3.24 Å². The Kier molecular flexibility index (Phi) is 3.16. The number of piperidine rings is 1. The zero-order valence-electron chi connectivity index (χ0n) is 9.06. The van der Waals surface area contributed by atoms with Crippen molar-refractivity contribution < 1.29 is 0 Å². The fourth-order valence-electron chi connectivity index (χ4n) is 1.83. The summed E-state index contributed by atoms with van der Waals surface area (Å²) in [6.07, 6.45) is 4.04. The number of hydrogen-bond acceptors (Lipinski definition) is 1. The van der Waals surface area contributed by atoms with E-state index in [4.69, 9.17) is 0 Å². The average molecular weight is 169 g/mol. The summed E-state index contributed by atoms with van der Waals surface area (Å²) < 4.78 is 0. The first-order valence-electron chi connectivity index (χ1n) is 5.29. The van der Waals surface area contributed by atoms with Gasteiger partial charge in [-0.3, -0.25) is 0 Å². The van der Waals surface area contributed by atoms with E-state index in [0.717, 1.165) is 6.04 Å². The van der Waals surface area contributed by atoms with Crippen LogP contribution in [0.3, 0.4) is 0 Å². The van der Waals surface area contributed by atoms with Crippen LogP contribution in [-0.4, -0.2) is 24.0 Å². The molecule has 0 bridgehead atoms. The molecule has 1 unspecified atom stereocenters. The predicted octanol–water partition coefficient (Wildman–Crippen LogP) is 2.91. The molecule has 1 heteroatoms. The van der Waals surface area contributed by atoms with Crippen molar-refractivity contribution in [2.75, 3.05) is 13.1 Å². The van der Waals surface area contributed by atoms with E-state index in [2.05, 4.69) is 32.6 Å². The zero-order valence-corrected chi connectivity index (χ0v) is 9.06. The SMILES string of the molecule is CCC(C)N1CCC(C)(C)CC1. The summed E-state index contributed by atoms with van der Waals surface area (Å²) in [5, 5.41) is 0. The summed E-state index contributed by atoms with van der Waals surface area (Å²) in [6.45, 7) is 12.0. The average Bonchev–Trinajstić information content (AvgIpc) is 2.03. The lowest BCUT2D eigenvalue weighted by molar-refractivity contribution is 0.0988. The Morgan fingerprint density at radius 3 is 2.17 bits per heavy atom. The van der Waals surface area contributed by atoms with Crippen LogP contribution in [0.4, 0.5) is 0 Å². The molecule has 0 saturated carbocycles. The third-order valence-electron chi connectivity index (χ3n) is 3.37. The van der Waals surface area contributed by atoms with E-state index >= 15 is 0 Å². The second-order valence-electron chi connectivity index (χ2n) is 4.96. The van der Waals surface area contributed by atoms with Gasteiger partial charge < -0.3 is 4.90 Å². The summed E-state index contributed by atoms with van der Waals surface area (Å²) in [4.78, 5) is 2.63. The van der Waals surface area contributed by atoms with Crippen LogP contribution in [-0.2, 0) is 0 Å². The second kappa shape index (κ2) is 3.78. The lowest BCUT2D eigenvalue weighted by Crippen LogP contribution is -2.42. The minimum Gasteiger partial charge on any atom is -0.301 e. The normalized spacial score (nSPS) is 27.0. The zero-order chi connectivity index (χ0) is 9.19. The van der Waals surface area contributed by atoms with Crippen LogP contribution in [0.15, 0.2) is 0 Å². The Bertz CT molecular complexity index is 130. The Morgan fingerprint density at radius 1 is 1.25 bits per heavy atom. The number of nitrogens with zero attached hydrogens (tertiary/aromatic N) is 1. The fourth-order valence-corrected chi connectivity index (χ4v) is 1.83. The van der Waals surface area contributed by atoms with E-state index in [0.29, 0.717) is 5.41 Å². The standard InChI is InChI=1S/C11H23N/c1-5-10(2)12-8-6-11(3,4)7-9-12/h10H,5-9H2,1-4H3. The van der Waals surface area contributed by atoms with Crippen LogP contribution in [0.2, 0.25) is 0 Å². The van der Waals surface area contributed by atoms with Gasteiger partial charge >= 0.3 is 0 Å². The van der Waals surface area contributed by atoms with Gasteiger partial charge in [-0.25, -0.2) is 0 Å².